The van der Waals surface area contributed by atoms with E-state index in [2.05, 4.69) is 4.74 Å². The summed E-state index contributed by atoms with van der Waals surface area (Å²) in [6, 6.07) is 3.35. The van der Waals surface area contributed by atoms with Crippen LogP contribution in [-0.4, -0.2) is 32.4 Å². The van der Waals surface area contributed by atoms with Gasteiger partial charge in [-0.05, 0) is 12.5 Å². The van der Waals surface area contributed by atoms with Gasteiger partial charge >= 0.3 is 5.97 Å². The summed E-state index contributed by atoms with van der Waals surface area (Å²) in [5.74, 6) is 0.0903. The van der Waals surface area contributed by atoms with Gasteiger partial charge < -0.3 is 19.3 Å². The van der Waals surface area contributed by atoms with Crippen molar-refractivity contribution in [2.45, 2.75) is 13.0 Å². The number of carbonyl (C=O) groups excluding carboxylic acids is 1. The van der Waals surface area contributed by atoms with E-state index < -0.39 is 12.1 Å². The maximum atomic E-state index is 11.3. The Labute approximate surface area is 99.9 Å². The van der Waals surface area contributed by atoms with E-state index in [1.807, 2.05) is 6.92 Å². The zero-order chi connectivity index (χ0) is 13.0. The number of esters is 1. The third kappa shape index (κ3) is 2.50. The molecule has 0 spiro atoms. The van der Waals surface area contributed by atoms with Gasteiger partial charge in [0.05, 0.1) is 21.3 Å². The molecule has 0 amide bonds. The Morgan fingerprint density at radius 2 is 1.76 bits per heavy atom. The number of aryl methyl sites for hydroxylation is 1. The molecule has 0 radical (unpaired) electrons. The highest BCUT2D eigenvalue weighted by atomic mass is 16.5. The number of methoxy groups -OCH3 is 3. The first-order valence-electron chi connectivity index (χ1n) is 5.04. The molecule has 0 aliphatic carbocycles. The largest absolute Gasteiger partial charge is 0.493 e. The summed E-state index contributed by atoms with van der Waals surface area (Å²) in [6.45, 7) is 1.84. The molecule has 1 unspecified atom stereocenters. The van der Waals surface area contributed by atoms with Crippen LogP contribution in [0.2, 0.25) is 0 Å². The predicted octanol–water partition coefficient (Wildman–Crippen LogP) is 1.22. The Balaban J connectivity index is 3.29. The van der Waals surface area contributed by atoms with Crippen LogP contribution in [-0.2, 0) is 9.53 Å². The number of ether oxygens (including phenoxy) is 3. The molecule has 1 aromatic rings. The minimum absolute atomic E-state index is 0.321. The molecular weight excluding hydrogens is 224 g/mol. The Morgan fingerprint density at radius 1 is 1.18 bits per heavy atom. The van der Waals surface area contributed by atoms with Crippen molar-refractivity contribution >= 4 is 5.97 Å². The Bertz CT molecular complexity index is 414. The number of aliphatic hydroxyl groups is 1. The highest BCUT2D eigenvalue weighted by Crippen LogP contribution is 2.37. The molecule has 17 heavy (non-hydrogen) atoms. The summed E-state index contributed by atoms with van der Waals surface area (Å²) >= 11 is 0. The molecule has 5 heteroatoms. The lowest BCUT2D eigenvalue weighted by Gasteiger charge is -2.17. The van der Waals surface area contributed by atoms with Gasteiger partial charge in [0.1, 0.15) is 0 Å². The van der Waals surface area contributed by atoms with E-state index in [1.165, 1.54) is 21.3 Å². The molecule has 0 aromatic heterocycles. The Hall–Kier alpha value is -1.75. The van der Waals surface area contributed by atoms with Gasteiger partial charge in [-0.1, -0.05) is 12.1 Å². The van der Waals surface area contributed by atoms with Crippen LogP contribution in [0.4, 0.5) is 0 Å². The zero-order valence-electron chi connectivity index (χ0n) is 10.3. The Morgan fingerprint density at radius 3 is 2.24 bits per heavy atom. The van der Waals surface area contributed by atoms with Crippen molar-refractivity contribution in [3.63, 3.8) is 0 Å². The first kappa shape index (κ1) is 13.3. The summed E-state index contributed by atoms with van der Waals surface area (Å²) in [6.07, 6.45) is -1.38. The summed E-state index contributed by atoms with van der Waals surface area (Å²) in [5, 5.41) is 9.80. The van der Waals surface area contributed by atoms with Crippen LogP contribution in [0.1, 0.15) is 17.2 Å². The molecule has 1 atom stereocenters. The minimum atomic E-state index is -1.38. The zero-order valence-corrected chi connectivity index (χ0v) is 10.3. The van der Waals surface area contributed by atoms with E-state index in [9.17, 15) is 9.90 Å². The van der Waals surface area contributed by atoms with Crippen LogP contribution in [0.25, 0.3) is 0 Å². The van der Waals surface area contributed by atoms with E-state index >= 15 is 0 Å². The van der Waals surface area contributed by atoms with Gasteiger partial charge in [0.25, 0.3) is 0 Å². The number of hydrogen-bond donors (Lipinski definition) is 1. The molecule has 1 N–H and O–H groups in total. The summed E-state index contributed by atoms with van der Waals surface area (Å²) in [5.41, 5.74) is 1.17. The van der Waals surface area contributed by atoms with E-state index in [4.69, 9.17) is 9.47 Å². The number of rotatable bonds is 4. The number of carbonyl (C=O) groups is 1. The van der Waals surface area contributed by atoms with Crippen molar-refractivity contribution in [2.75, 3.05) is 21.3 Å². The van der Waals surface area contributed by atoms with Gasteiger partial charge in [-0.3, -0.25) is 0 Å². The molecule has 0 bridgehead atoms. The monoisotopic (exact) mass is 240 g/mol. The molecule has 0 aliphatic rings. The van der Waals surface area contributed by atoms with Crippen molar-refractivity contribution in [1.29, 1.82) is 0 Å². The van der Waals surface area contributed by atoms with Gasteiger partial charge in [0, 0.05) is 5.56 Å². The maximum absolute atomic E-state index is 11.3. The third-order valence-electron chi connectivity index (χ3n) is 2.47. The lowest BCUT2D eigenvalue weighted by atomic mass is 10.0. The van der Waals surface area contributed by atoms with Crippen LogP contribution in [0.5, 0.6) is 11.5 Å². The molecule has 0 fully saturated rings. The van der Waals surface area contributed by atoms with Crippen molar-refractivity contribution in [2.24, 2.45) is 0 Å². The minimum Gasteiger partial charge on any atom is -0.493 e. The number of benzene rings is 1. The standard InChI is InChI=1S/C12H16O5/c1-7-5-6-8(9(13)12(14)17-4)11(16-3)10(7)15-2/h5-6,9,13H,1-4H3. The second-order valence-corrected chi connectivity index (χ2v) is 3.46. The quantitative estimate of drug-likeness (QED) is 0.801. The fraction of sp³-hybridized carbons (Fsp3) is 0.417. The molecule has 0 heterocycles. The second kappa shape index (κ2) is 5.54. The lowest BCUT2D eigenvalue weighted by molar-refractivity contribution is -0.150. The van der Waals surface area contributed by atoms with E-state index in [-0.39, 0.29) is 0 Å². The van der Waals surface area contributed by atoms with Gasteiger partial charge in [-0.2, -0.15) is 0 Å². The maximum Gasteiger partial charge on any atom is 0.339 e. The molecule has 5 nitrogen and oxygen atoms in total. The van der Waals surface area contributed by atoms with Crippen LogP contribution >= 0.6 is 0 Å². The van der Waals surface area contributed by atoms with E-state index in [0.717, 1.165) is 5.56 Å². The van der Waals surface area contributed by atoms with Crippen molar-refractivity contribution in [1.82, 2.24) is 0 Å². The van der Waals surface area contributed by atoms with Crippen LogP contribution in [0.3, 0.4) is 0 Å². The molecule has 0 aliphatic heterocycles. The van der Waals surface area contributed by atoms with Gasteiger partial charge in [-0.15, -0.1) is 0 Å². The SMILES string of the molecule is COC(=O)C(O)c1ccc(C)c(OC)c1OC. The molecule has 0 saturated carbocycles. The van der Waals surface area contributed by atoms with E-state index in [0.29, 0.717) is 17.1 Å². The van der Waals surface area contributed by atoms with Crippen LogP contribution in [0.15, 0.2) is 12.1 Å². The van der Waals surface area contributed by atoms with Crippen molar-refractivity contribution < 1.29 is 24.1 Å². The van der Waals surface area contributed by atoms with Crippen LogP contribution in [0, 0.1) is 6.92 Å². The molecule has 1 aromatic carbocycles. The fourth-order valence-electron chi connectivity index (χ4n) is 1.59. The third-order valence-corrected chi connectivity index (χ3v) is 2.47. The number of aliphatic hydroxyl groups excluding tert-OH is 1. The number of hydrogen-bond acceptors (Lipinski definition) is 5. The second-order valence-electron chi connectivity index (χ2n) is 3.46. The van der Waals surface area contributed by atoms with E-state index in [1.54, 1.807) is 12.1 Å². The summed E-state index contributed by atoms with van der Waals surface area (Å²) < 4.78 is 14.8. The molecule has 1 rings (SSSR count). The summed E-state index contributed by atoms with van der Waals surface area (Å²) in [7, 11) is 4.16. The average Bonchev–Trinajstić information content (AvgIpc) is 2.36. The van der Waals surface area contributed by atoms with Crippen LogP contribution < -0.4 is 9.47 Å². The van der Waals surface area contributed by atoms with Crippen molar-refractivity contribution in [3.05, 3.63) is 23.3 Å². The van der Waals surface area contributed by atoms with Gasteiger partial charge in [0.15, 0.2) is 17.6 Å². The first-order chi connectivity index (χ1) is 8.06. The highest BCUT2D eigenvalue weighted by Gasteiger charge is 2.24. The molecule has 0 saturated heterocycles. The lowest BCUT2D eigenvalue weighted by Crippen LogP contribution is -2.15. The van der Waals surface area contributed by atoms with Gasteiger partial charge in [0.2, 0.25) is 0 Å². The topological polar surface area (TPSA) is 65.0 Å². The molecular formula is C12H16O5. The fourth-order valence-corrected chi connectivity index (χ4v) is 1.59. The van der Waals surface area contributed by atoms with Gasteiger partial charge in [-0.25, -0.2) is 4.79 Å². The van der Waals surface area contributed by atoms with Crippen molar-refractivity contribution in [3.8, 4) is 11.5 Å². The first-order valence-corrected chi connectivity index (χ1v) is 5.04. The molecule has 94 valence electrons. The summed E-state index contributed by atoms with van der Waals surface area (Å²) in [4.78, 5) is 11.3. The highest BCUT2D eigenvalue weighted by molar-refractivity contribution is 5.78. The smallest absolute Gasteiger partial charge is 0.339 e. The average molecular weight is 240 g/mol. The normalized spacial score (nSPS) is 11.8. The Kier molecular flexibility index (Phi) is 4.34. The predicted molar refractivity (Wildman–Crippen MR) is 61.3 cm³/mol.